The molecule has 1 unspecified atom stereocenters. The summed E-state index contributed by atoms with van der Waals surface area (Å²) in [5.41, 5.74) is 6.75. The second-order valence-corrected chi connectivity index (χ2v) is 7.01. The summed E-state index contributed by atoms with van der Waals surface area (Å²) in [7, 11) is 3.31. The van der Waals surface area contributed by atoms with E-state index in [1.807, 2.05) is 18.2 Å². The quantitative estimate of drug-likeness (QED) is 0.678. The average Bonchev–Trinajstić information content (AvgIpc) is 3.30. The van der Waals surface area contributed by atoms with Crippen LogP contribution >= 0.6 is 24.8 Å². The summed E-state index contributed by atoms with van der Waals surface area (Å²) in [5.74, 6) is 1.57. The Morgan fingerprint density at radius 2 is 1.86 bits per heavy atom. The van der Waals surface area contributed by atoms with Crippen molar-refractivity contribution < 1.29 is 19.0 Å². The maximum atomic E-state index is 12.4. The summed E-state index contributed by atoms with van der Waals surface area (Å²) < 4.78 is 16.3. The van der Waals surface area contributed by atoms with Gasteiger partial charge in [-0.05, 0) is 37.0 Å². The number of nitrogens with one attached hydrogen (secondary N) is 1. The predicted molar refractivity (Wildman–Crippen MR) is 113 cm³/mol. The molecular formula is C19H31Cl2N3O4. The Morgan fingerprint density at radius 1 is 1.18 bits per heavy atom. The first-order valence-corrected chi connectivity index (χ1v) is 9.21. The maximum absolute atomic E-state index is 12.4. The molecule has 2 aliphatic rings. The fraction of sp³-hybridized carbons (Fsp3) is 0.632. The van der Waals surface area contributed by atoms with Crippen LogP contribution in [0.3, 0.4) is 0 Å². The Kier molecular flexibility index (Phi) is 10.3. The Morgan fingerprint density at radius 3 is 2.43 bits per heavy atom. The van der Waals surface area contributed by atoms with Gasteiger partial charge in [0.25, 0.3) is 0 Å². The van der Waals surface area contributed by atoms with Gasteiger partial charge in [0.05, 0.1) is 20.3 Å². The average molecular weight is 436 g/mol. The predicted octanol–water partition coefficient (Wildman–Crippen LogP) is 1.74. The van der Waals surface area contributed by atoms with Crippen LogP contribution in [0, 0.1) is 0 Å². The molecule has 0 bridgehead atoms. The number of halogens is 2. The van der Waals surface area contributed by atoms with Crippen molar-refractivity contribution in [3.8, 4) is 11.5 Å². The number of benzene rings is 1. The molecule has 160 valence electrons. The van der Waals surface area contributed by atoms with Crippen LogP contribution in [-0.2, 0) is 16.1 Å². The highest BCUT2D eigenvalue weighted by molar-refractivity contribution is 5.85. The minimum absolute atomic E-state index is 0. The van der Waals surface area contributed by atoms with E-state index in [2.05, 4.69) is 10.2 Å². The number of hydrogen-bond acceptors (Lipinski definition) is 6. The second kappa shape index (κ2) is 11.7. The topological polar surface area (TPSA) is 86.1 Å². The van der Waals surface area contributed by atoms with Crippen molar-refractivity contribution in [1.29, 1.82) is 0 Å². The molecule has 0 spiro atoms. The number of methoxy groups -OCH3 is 2. The van der Waals surface area contributed by atoms with E-state index in [4.69, 9.17) is 19.9 Å². The highest BCUT2D eigenvalue weighted by atomic mass is 35.5. The zero-order valence-electron chi connectivity index (χ0n) is 16.4. The lowest BCUT2D eigenvalue weighted by molar-refractivity contribution is -0.132. The third-order valence-corrected chi connectivity index (χ3v) is 5.10. The van der Waals surface area contributed by atoms with Crippen molar-refractivity contribution in [3.05, 3.63) is 23.8 Å². The van der Waals surface area contributed by atoms with Gasteiger partial charge in [-0.25, -0.2) is 0 Å². The summed E-state index contributed by atoms with van der Waals surface area (Å²) in [4.78, 5) is 14.7. The molecule has 0 saturated carbocycles. The third kappa shape index (κ3) is 6.39. The molecule has 0 radical (unpaired) electrons. The Balaban J connectivity index is 0.00000196. The lowest BCUT2D eigenvalue weighted by atomic mass is 10.1. The van der Waals surface area contributed by atoms with E-state index < -0.39 is 0 Å². The van der Waals surface area contributed by atoms with E-state index in [9.17, 15) is 4.79 Å². The van der Waals surface area contributed by atoms with Crippen molar-refractivity contribution in [2.75, 3.05) is 33.9 Å². The Bertz CT molecular complexity index is 613. The van der Waals surface area contributed by atoms with Gasteiger partial charge in [-0.2, -0.15) is 0 Å². The highest BCUT2D eigenvalue weighted by Crippen LogP contribution is 2.25. The lowest BCUT2D eigenvalue weighted by Crippen LogP contribution is -2.43. The number of amides is 1. The molecule has 2 aliphatic heterocycles. The van der Waals surface area contributed by atoms with E-state index in [0.29, 0.717) is 6.54 Å². The van der Waals surface area contributed by atoms with E-state index >= 15 is 0 Å². The summed E-state index contributed by atoms with van der Waals surface area (Å²) in [5, 5.41) is 3.13. The smallest absolute Gasteiger partial charge is 0.249 e. The fourth-order valence-corrected chi connectivity index (χ4v) is 3.68. The minimum Gasteiger partial charge on any atom is -0.497 e. The molecule has 1 amide bonds. The van der Waals surface area contributed by atoms with Crippen molar-refractivity contribution in [2.45, 2.75) is 44.1 Å². The van der Waals surface area contributed by atoms with Crippen molar-refractivity contribution in [3.63, 3.8) is 0 Å². The van der Waals surface area contributed by atoms with E-state index in [1.165, 1.54) is 0 Å². The van der Waals surface area contributed by atoms with Gasteiger partial charge >= 0.3 is 0 Å². The van der Waals surface area contributed by atoms with Crippen LogP contribution in [0.15, 0.2) is 18.2 Å². The monoisotopic (exact) mass is 435 g/mol. The number of likely N-dealkylation sites (tertiary alicyclic amines) is 1. The van der Waals surface area contributed by atoms with Gasteiger partial charge in [0.15, 0.2) is 0 Å². The maximum Gasteiger partial charge on any atom is 0.249 e. The van der Waals surface area contributed by atoms with Gasteiger partial charge in [-0.15, -0.1) is 24.8 Å². The molecule has 1 aromatic carbocycles. The summed E-state index contributed by atoms with van der Waals surface area (Å²) in [6.07, 6.45) is 2.24. The number of hydrogen-bond donors (Lipinski definition) is 2. The standard InChI is InChI=1S/C19H29N3O4.2ClH/c1-24-16-7-13(8-17(9-16)25-2)11-22-6-5-14(12-22)21-19(23)18-4-3-15(10-20)26-18;;/h7-9,14-15,18H,3-6,10-12,20H2,1-2H3,(H,21,23);2*1H/t14?,15-,18+;;/m1../s1. The van der Waals surface area contributed by atoms with Crippen LogP contribution in [0.5, 0.6) is 11.5 Å². The molecule has 3 atom stereocenters. The molecule has 3 rings (SSSR count). The second-order valence-electron chi connectivity index (χ2n) is 7.01. The SMILES string of the molecule is COc1cc(CN2CCC(NC(=O)[C@@H]3CC[C@H](CN)O3)C2)cc(OC)c1.Cl.Cl. The molecule has 2 heterocycles. The number of carbonyl (C=O) groups excluding carboxylic acids is 1. The lowest BCUT2D eigenvalue weighted by Gasteiger charge is -2.19. The summed E-state index contributed by atoms with van der Waals surface area (Å²) in [6, 6.07) is 6.07. The third-order valence-electron chi connectivity index (χ3n) is 5.10. The largest absolute Gasteiger partial charge is 0.497 e. The number of ether oxygens (including phenoxy) is 3. The van der Waals surface area contributed by atoms with Crippen molar-refractivity contribution in [2.24, 2.45) is 5.73 Å². The molecule has 0 aromatic heterocycles. The van der Waals surface area contributed by atoms with Gasteiger partial charge in [0, 0.05) is 38.3 Å². The molecule has 7 nitrogen and oxygen atoms in total. The molecule has 28 heavy (non-hydrogen) atoms. The van der Waals surface area contributed by atoms with Crippen LogP contribution in [0.2, 0.25) is 0 Å². The highest BCUT2D eigenvalue weighted by Gasteiger charge is 2.32. The normalized spacial score (nSPS) is 24.2. The minimum atomic E-state index is -0.347. The van der Waals surface area contributed by atoms with Crippen molar-refractivity contribution >= 4 is 30.7 Å². The first-order chi connectivity index (χ1) is 12.6. The molecule has 1 aromatic rings. The van der Waals surface area contributed by atoms with Crippen LogP contribution in [0.1, 0.15) is 24.8 Å². The van der Waals surface area contributed by atoms with Crippen LogP contribution in [-0.4, -0.2) is 62.9 Å². The van der Waals surface area contributed by atoms with Gasteiger partial charge in [-0.1, -0.05) is 0 Å². The van der Waals surface area contributed by atoms with Gasteiger partial charge < -0.3 is 25.3 Å². The number of nitrogens with zero attached hydrogens (tertiary/aromatic N) is 1. The number of nitrogens with two attached hydrogens (primary N) is 1. The van der Waals surface area contributed by atoms with E-state index in [-0.39, 0.29) is 49.0 Å². The molecular weight excluding hydrogens is 405 g/mol. The first kappa shape index (κ1) is 24.8. The molecule has 9 heteroatoms. The Hall–Kier alpha value is -1.25. The summed E-state index contributed by atoms with van der Waals surface area (Å²) >= 11 is 0. The van der Waals surface area contributed by atoms with E-state index in [1.54, 1.807) is 14.2 Å². The zero-order valence-corrected chi connectivity index (χ0v) is 18.0. The van der Waals surface area contributed by atoms with Gasteiger partial charge in [0.1, 0.15) is 17.6 Å². The van der Waals surface area contributed by atoms with E-state index in [0.717, 1.165) is 56.0 Å². The molecule has 2 fully saturated rings. The van der Waals surface area contributed by atoms with Crippen LogP contribution < -0.4 is 20.5 Å². The number of rotatable bonds is 7. The first-order valence-electron chi connectivity index (χ1n) is 9.21. The fourth-order valence-electron chi connectivity index (χ4n) is 3.68. The van der Waals surface area contributed by atoms with Crippen LogP contribution in [0.4, 0.5) is 0 Å². The van der Waals surface area contributed by atoms with Crippen LogP contribution in [0.25, 0.3) is 0 Å². The molecule has 2 saturated heterocycles. The molecule has 0 aliphatic carbocycles. The van der Waals surface area contributed by atoms with Gasteiger partial charge in [0.2, 0.25) is 5.91 Å². The van der Waals surface area contributed by atoms with Gasteiger partial charge in [-0.3, -0.25) is 9.69 Å². The summed E-state index contributed by atoms with van der Waals surface area (Å²) in [6.45, 7) is 3.06. The Labute approximate surface area is 179 Å². The van der Waals surface area contributed by atoms with Crippen molar-refractivity contribution in [1.82, 2.24) is 10.2 Å². The number of carbonyl (C=O) groups is 1. The zero-order chi connectivity index (χ0) is 18.5. The molecule has 3 N–H and O–H groups in total.